The van der Waals surface area contributed by atoms with E-state index in [0.717, 1.165) is 12.1 Å². The molecule has 8 heteroatoms. The first kappa shape index (κ1) is 17.5. The minimum Gasteiger partial charge on any atom is -0.350 e. The fraction of sp³-hybridized carbons (Fsp3) is 0.294. The highest BCUT2D eigenvalue weighted by Gasteiger charge is 2.30. The van der Waals surface area contributed by atoms with Crippen molar-refractivity contribution in [3.63, 3.8) is 0 Å². The fourth-order valence-electron chi connectivity index (χ4n) is 2.27. The second-order valence-corrected chi connectivity index (χ2v) is 7.10. The molecule has 0 unspecified atom stereocenters. The van der Waals surface area contributed by atoms with E-state index in [0.29, 0.717) is 33.6 Å². The number of hydrogen-bond donors (Lipinski definition) is 1. The number of aromatic nitrogens is 2. The lowest BCUT2D eigenvalue weighted by Crippen LogP contribution is -2.27. The lowest BCUT2D eigenvalue weighted by atomic mass is 10.1. The molecule has 0 spiro atoms. The first-order valence-corrected chi connectivity index (χ1v) is 8.50. The number of nitrogens with zero attached hydrogens (tertiary/aromatic N) is 2. The average Bonchev–Trinajstić information content (AvgIpc) is 3.10. The molecule has 0 saturated carbocycles. The minimum absolute atomic E-state index is 0.259. The SMILES string of the molecule is CC(C)CNC(=O)c1cn2cc(-c3cccc(C(F)(F)F)c3)sc2n1. The molecule has 0 aliphatic heterocycles. The zero-order valence-electron chi connectivity index (χ0n) is 13.6. The third kappa shape index (κ3) is 3.84. The maximum Gasteiger partial charge on any atom is 0.416 e. The maximum absolute atomic E-state index is 12.8. The first-order chi connectivity index (χ1) is 11.7. The number of fused-ring (bicyclic) bond motifs is 1. The number of hydrogen-bond acceptors (Lipinski definition) is 3. The summed E-state index contributed by atoms with van der Waals surface area (Å²) in [6.07, 6.45) is -1.12. The Morgan fingerprint density at radius 2 is 2.08 bits per heavy atom. The quantitative estimate of drug-likeness (QED) is 0.740. The fourth-order valence-corrected chi connectivity index (χ4v) is 3.24. The number of halogens is 3. The summed E-state index contributed by atoms with van der Waals surface area (Å²) in [5.41, 5.74) is 0.0726. The molecule has 1 amide bonds. The van der Waals surface area contributed by atoms with Gasteiger partial charge >= 0.3 is 6.18 Å². The van der Waals surface area contributed by atoms with E-state index in [4.69, 9.17) is 0 Å². The van der Waals surface area contributed by atoms with E-state index in [1.165, 1.54) is 17.4 Å². The van der Waals surface area contributed by atoms with Crippen molar-refractivity contribution in [2.45, 2.75) is 20.0 Å². The highest BCUT2D eigenvalue weighted by Crippen LogP contribution is 2.34. The molecule has 2 heterocycles. The smallest absolute Gasteiger partial charge is 0.350 e. The van der Waals surface area contributed by atoms with Crippen molar-refractivity contribution < 1.29 is 18.0 Å². The number of benzene rings is 1. The Morgan fingerprint density at radius 1 is 1.32 bits per heavy atom. The van der Waals surface area contributed by atoms with Gasteiger partial charge in [-0.1, -0.05) is 37.3 Å². The van der Waals surface area contributed by atoms with Crippen molar-refractivity contribution in [2.75, 3.05) is 6.54 Å². The number of nitrogens with one attached hydrogen (secondary N) is 1. The van der Waals surface area contributed by atoms with Gasteiger partial charge in [0.2, 0.25) is 0 Å². The van der Waals surface area contributed by atoms with Crippen molar-refractivity contribution in [3.8, 4) is 10.4 Å². The van der Waals surface area contributed by atoms with E-state index in [-0.39, 0.29) is 5.91 Å². The Labute approximate surface area is 146 Å². The van der Waals surface area contributed by atoms with Gasteiger partial charge in [0.25, 0.3) is 5.91 Å². The van der Waals surface area contributed by atoms with Crippen LogP contribution in [0.4, 0.5) is 13.2 Å². The number of carbonyl (C=O) groups is 1. The molecule has 0 atom stereocenters. The Bertz CT molecular complexity index is 880. The van der Waals surface area contributed by atoms with Crippen LogP contribution in [0.3, 0.4) is 0 Å². The highest BCUT2D eigenvalue weighted by molar-refractivity contribution is 7.20. The normalized spacial score (nSPS) is 12.1. The van der Waals surface area contributed by atoms with Gasteiger partial charge in [0, 0.05) is 18.9 Å². The molecule has 1 N–H and O–H groups in total. The molecular formula is C17H16F3N3OS. The van der Waals surface area contributed by atoms with E-state index < -0.39 is 11.7 Å². The van der Waals surface area contributed by atoms with Gasteiger partial charge in [-0.25, -0.2) is 4.98 Å². The summed E-state index contributed by atoms with van der Waals surface area (Å²) in [5, 5.41) is 2.78. The van der Waals surface area contributed by atoms with Crippen molar-refractivity contribution in [2.24, 2.45) is 5.92 Å². The highest BCUT2D eigenvalue weighted by atomic mass is 32.1. The predicted octanol–water partition coefficient (Wildman–Crippen LogP) is 4.47. The minimum atomic E-state index is -4.38. The molecule has 3 aromatic rings. The van der Waals surface area contributed by atoms with E-state index in [1.807, 2.05) is 13.8 Å². The van der Waals surface area contributed by atoms with E-state index in [9.17, 15) is 18.0 Å². The zero-order chi connectivity index (χ0) is 18.2. The first-order valence-electron chi connectivity index (χ1n) is 7.68. The second kappa shape index (κ2) is 6.51. The Hall–Kier alpha value is -2.35. The number of imidazole rings is 1. The Kier molecular flexibility index (Phi) is 4.55. The summed E-state index contributed by atoms with van der Waals surface area (Å²) in [5.74, 6) is 0.0745. The molecule has 2 aromatic heterocycles. The predicted molar refractivity (Wildman–Crippen MR) is 90.7 cm³/mol. The summed E-state index contributed by atoms with van der Waals surface area (Å²) in [7, 11) is 0. The van der Waals surface area contributed by atoms with Gasteiger partial charge in [-0.15, -0.1) is 0 Å². The molecule has 0 aliphatic rings. The summed E-state index contributed by atoms with van der Waals surface area (Å²) in [4.78, 5) is 17.5. The van der Waals surface area contributed by atoms with Crippen molar-refractivity contribution in [1.29, 1.82) is 0 Å². The lowest BCUT2D eigenvalue weighted by Gasteiger charge is -2.07. The number of rotatable bonds is 4. The van der Waals surface area contributed by atoms with Crippen LogP contribution in [0.25, 0.3) is 15.4 Å². The Morgan fingerprint density at radius 3 is 2.72 bits per heavy atom. The van der Waals surface area contributed by atoms with Crippen molar-refractivity contribution in [3.05, 3.63) is 47.9 Å². The molecule has 0 fully saturated rings. The number of amides is 1. The molecule has 0 aliphatic carbocycles. The van der Waals surface area contributed by atoms with Gasteiger partial charge < -0.3 is 5.32 Å². The average molecular weight is 367 g/mol. The molecule has 0 radical (unpaired) electrons. The van der Waals surface area contributed by atoms with Crippen molar-refractivity contribution >= 4 is 22.2 Å². The monoisotopic (exact) mass is 367 g/mol. The van der Waals surface area contributed by atoms with Crippen LogP contribution in [0, 0.1) is 5.92 Å². The molecule has 25 heavy (non-hydrogen) atoms. The van der Waals surface area contributed by atoms with Crippen LogP contribution in [0.1, 0.15) is 29.9 Å². The topological polar surface area (TPSA) is 46.4 Å². The summed E-state index contributed by atoms with van der Waals surface area (Å²) in [6, 6.07) is 5.16. The van der Waals surface area contributed by atoms with Crippen LogP contribution in [-0.4, -0.2) is 21.8 Å². The van der Waals surface area contributed by atoms with E-state index >= 15 is 0 Å². The van der Waals surface area contributed by atoms with Gasteiger partial charge in [0.15, 0.2) is 4.96 Å². The van der Waals surface area contributed by atoms with Gasteiger partial charge in [-0.2, -0.15) is 13.2 Å². The molecule has 4 nitrogen and oxygen atoms in total. The summed E-state index contributed by atoms with van der Waals surface area (Å²) >= 11 is 1.24. The molecule has 0 saturated heterocycles. The summed E-state index contributed by atoms with van der Waals surface area (Å²) in [6.45, 7) is 4.54. The zero-order valence-corrected chi connectivity index (χ0v) is 14.4. The molecular weight excluding hydrogens is 351 g/mol. The number of thiazole rings is 1. The van der Waals surface area contributed by atoms with Crippen LogP contribution < -0.4 is 5.32 Å². The van der Waals surface area contributed by atoms with Crippen LogP contribution in [0.5, 0.6) is 0 Å². The van der Waals surface area contributed by atoms with Crippen LogP contribution in [0.2, 0.25) is 0 Å². The number of alkyl halides is 3. The van der Waals surface area contributed by atoms with Gasteiger partial charge in [-0.05, 0) is 23.6 Å². The third-order valence-electron chi connectivity index (χ3n) is 3.53. The summed E-state index contributed by atoms with van der Waals surface area (Å²) < 4.78 is 40.2. The van der Waals surface area contributed by atoms with Gasteiger partial charge in [-0.3, -0.25) is 9.20 Å². The van der Waals surface area contributed by atoms with E-state index in [2.05, 4.69) is 10.3 Å². The number of carbonyl (C=O) groups excluding carboxylic acids is 1. The maximum atomic E-state index is 12.8. The second-order valence-electron chi connectivity index (χ2n) is 6.09. The van der Waals surface area contributed by atoms with Crippen molar-refractivity contribution in [1.82, 2.24) is 14.7 Å². The third-order valence-corrected chi connectivity index (χ3v) is 4.58. The van der Waals surface area contributed by atoms with Gasteiger partial charge in [0.05, 0.1) is 10.4 Å². The molecule has 1 aromatic carbocycles. The van der Waals surface area contributed by atoms with Gasteiger partial charge in [0.1, 0.15) is 5.69 Å². The van der Waals surface area contributed by atoms with Crippen LogP contribution >= 0.6 is 11.3 Å². The molecule has 0 bridgehead atoms. The van der Waals surface area contributed by atoms with Crippen LogP contribution in [0.15, 0.2) is 36.7 Å². The molecule has 3 rings (SSSR count). The lowest BCUT2D eigenvalue weighted by molar-refractivity contribution is -0.137. The standard InChI is InChI=1S/C17H16F3N3OS/c1-10(2)7-21-15(24)13-8-23-9-14(25-16(23)22-13)11-4-3-5-12(6-11)17(18,19)20/h3-6,8-10H,7H2,1-2H3,(H,21,24). The van der Waals surface area contributed by atoms with Crippen LogP contribution in [-0.2, 0) is 6.18 Å². The molecule has 132 valence electrons. The van der Waals surface area contributed by atoms with E-state index in [1.54, 1.807) is 22.9 Å². The Balaban J connectivity index is 1.86. The largest absolute Gasteiger partial charge is 0.416 e.